The van der Waals surface area contributed by atoms with Crippen LogP contribution in [0.5, 0.6) is 0 Å². The van der Waals surface area contributed by atoms with Crippen molar-refractivity contribution in [1.82, 2.24) is 0 Å². The Bertz CT molecular complexity index is 220. The van der Waals surface area contributed by atoms with Crippen LogP contribution in [0.15, 0.2) is 29.4 Å². The Kier molecular flexibility index (Phi) is 1.58. The minimum absolute atomic E-state index is 0.433. The van der Waals surface area contributed by atoms with Gasteiger partial charge >= 0.3 is 0 Å². The Hall–Kier alpha value is -1.18. The number of hydrogen-bond acceptors (Lipinski definition) is 2. The molecule has 0 heterocycles. The van der Waals surface area contributed by atoms with Gasteiger partial charge < -0.3 is 0 Å². The van der Waals surface area contributed by atoms with E-state index in [2.05, 4.69) is 12.1 Å². The van der Waals surface area contributed by atoms with Gasteiger partial charge in [-0.1, -0.05) is 12.1 Å². The summed E-state index contributed by atoms with van der Waals surface area (Å²) in [6.45, 7) is 3.63. The van der Waals surface area contributed by atoms with Crippen molar-refractivity contribution in [2.75, 3.05) is 0 Å². The zero-order chi connectivity index (χ0) is 6.69. The number of hydrogen-bond donors (Lipinski definition) is 0. The topological polar surface area (TPSA) is 29.4 Å². The quantitative estimate of drug-likeness (QED) is 0.522. The van der Waals surface area contributed by atoms with Crippen molar-refractivity contribution >= 4 is 5.69 Å². The second-order valence-electron chi connectivity index (χ2n) is 1.76. The average Bonchev–Trinajstić information content (AvgIpc) is 1.88. The van der Waals surface area contributed by atoms with Crippen LogP contribution in [0, 0.1) is 11.8 Å². The molecule has 0 N–H and O–H groups in total. The van der Waals surface area contributed by atoms with Crippen LogP contribution < -0.4 is 0 Å². The molecule has 0 aliphatic carbocycles. The standard InChI is InChI=1S/C7H6NO/c1-6-3-2-4-7(5-6)8-9/h2-5H,1H2. The third-order valence-electron chi connectivity index (χ3n) is 1.02. The molecule has 1 aromatic rings. The van der Waals surface area contributed by atoms with E-state index in [1.165, 1.54) is 0 Å². The highest BCUT2D eigenvalue weighted by Crippen LogP contribution is 2.11. The number of nitrogens with zero attached hydrogens (tertiary/aromatic N) is 1. The highest BCUT2D eigenvalue weighted by molar-refractivity contribution is 5.40. The van der Waals surface area contributed by atoms with Gasteiger partial charge in [0.15, 0.2) is 0 Å². The lowest BCUT2D eigenvalue weighted by Crippen LogP contribution is -1.66. The third-order valence-corrected chi connectivity index (χ3v) is 1.02. The van der Waals surface area contributed by atoms with Crippen LogP contribution in [0.3, 0.4) is 0 Å². The van der Waals surface area contributed by atoms with Crippen LogP contribution in [0.1, 0.15) is 5.56 Å². The van der Waals surface area contributed by atoms with E-state index in [1.54, 1.807) is 18.2 Å². The van der Waals surface area contributed by atoms with E-state index in [0.717, 1.165) is 5.56 Å². The predicted molar refractivity (Wildman–Crippen MR) is 36.4 cm³/mol. The highest BCUT2D eigenvalue weighted by atomic mass is 16.3. The zero-order valence-corrected chi connectivity index (χ0v) is 4.87. The van der Waals surface area contributed by atoms with E-state index >= 15 is 0 Å². The summed E-state index contributed by atoms with van der Waals surface area (Å²) in [4.78, 5) is 9.88. The molecule has 9 heavy (non-hydrogen) atoms. The van der Waals surface area contributed by atoms with Crippen molar-refractivity contribution in [3.8, 4) is 0 Å². The number of nitroso groups, excluding NO2 is 1. The summed E-state index contributed by atoms with van der Waals surface area (Å²) in [5, 5.41) is 2.74. The molecule has 0 fully saturated rings. The monoisotopic (exact) mass is 120 g/mol. The summed E-state index contributed by atoms with van der Waals surface area (Å²) in [6.07, 6.45) is 0. The SMILES string of the molecule is [CH2]c1cccc(N=O)c1. The summed E-state index contributed by atoms with van der Waals surface area (Å²) < 4.78 is 0. The first-order valence-corrected chi connectivity index (χ1v) is 2.58. The van der Waals surface area contributed by atoms with E-state index in [-0.39, 0.29) is 0 Å². The van der Waals surface area contributed by atoms with Crippen LogP contribution in [-0.2, 0) is 0 Å². The lowest BCUT2D eigenvalue weighted by molar-refractivity contribution is 1.47. The van der Waals surface area contributed by atoms with E-state index in [9.17, 15) is 4.91 Å². The van der Waals surface area contributed by atoms with Crippen molar-refractivity contribution < 1.29 is 0 Å². The summed E-state index contributed by atoms with van der Waals surface area (Å²) in [7, 11) is 0. The highest BCUT2D eigenvalue weighted by Gasteiger charge is 1.87. The molecular weight excluding hydrogens is 114 g/mol. The van der Waals surface area contributed by atoms with Gasteiger partial charge in [-0.25, -0.2) is 0 Å². The second-order valence-corrected chi connectivity index (χ2v) is 1.76. The summed E-state index contributed by atoms with van der Waals surface area (Å²) in [5.74, 6) is 0. The van der Waals surface area contributed by atoms with Gasteiger partial charge in [0, 0.05) is 0 Å². The minimum Gasteiger partial charge on any atom is -0.145 e. The third kappa shape index (κ3) is 1.35. The first-order valence-electron chi connectivity index (χ1n) is 2.58. The molecule has 0 amide bonds. The maximum Gasteiger partial charge on any atom is 0.108 e. The Morgan fingerprint density at radius 2 is 2.22 bits per heavy atom. The predicted octanol–water partition coefficient (Wildman–Crippen LogP) is 2.27. The first-order chi connectivity index (χ1) is 4.33. The fourth-order valence-electron chi connectivity index (χ4n) is 0.613. The minimum atomic E-state index is 0.433. The molecule has 0 spiro atoms. The Balaban J connectivity index is 3.07. The van der Waals surface area contributed by atoms with Crippen molar-refractivity contribution in [2.45, 2.75) is 0 Å². The van der Waals surface area contributed by atoms with Crippen LogP contribution in [0.2, 0.25) is 0 Å². The van der Waals surface area contributed by atoms with Gasteiger partial charge in [0.05, 0.1) is 0 Å². The van der Waals surface area contributed by atoms with Crippen molar-refractivity contribution in [3.05, 3.63) is 41.7 Å². The molecule has 1 radical (unpaired) electrons. The van der Waals surface area contributed by atoms with Gasteiger partial charge in [-0.15, -0.1) is 4.91 Å². The molecule has 0 atom stereocenters. The van der Waals surface area contributed by atoms with Crippen LogP contribution in [0.4, 0.5) is 5.69 Å². The molecule has 0 aliphatic rings. The largest absolute Gasteiger partial charge is 0.145 e. The van der Waals surface area contributed by atoms with Gasteiger partial charge in [-0.05, 0) is 29.8 Å². The van der Waals surface area contributed by atoms with Gasteiger partial charge in [-0.2, -0.15) is 0 Å². The van der Waals surface area contributed by atoms with E-state index in [4.69, 9.17) is 0 Å². The molecule has 2 heteroatoms. The molecule has 0 bridgehead atoms. The molecule has 1 aromatic carbocycles. The maximum atomic E-state index is 9.88. The normalized spacial score (nSPS) is 9.00. The molecule has 2 nitrogen and oxygen atoms in total. The Labute approximate surface area is 53.5 Å². The first kappa shape index (κ1) is 5.95. The molecule has 0 saturated heterocycles. The fraction of sp³-hybridized carbons (Fsp3) is 0. The second kappa shape index (κ2) is 2.40. The maximum absolute atomic E-state index is 9.88. The summed E-state index contributed by atoms with van der Waals surface area (Å²) in [6, 6.07) is 6.84. The molecular formula is C7H6NO. The number of rotatable bonds is 1. The van der Waals surface area contributed by atoms with E-state index < -0.39 is 0 Å². The smallest absolute Gasteiger partial charge is 0.108 e. The molecule has 0 unspecified atom stereocenters. The van der Waals surface area contributed by atoms with Crippen molar-refractivity contribution in [1.29, 1.82) is 0 Å². The molecule has 0 aromatic heterocycles. The van der Waals surface area contributed by atoms with Crippen LogP contribution >= 0.6 is 0 Å². The lowest BCUT2D eigenvalue weighted by atomic mass is 10.2. The Morgan fingerprint density at radius 3 is 2.67 bits per heavy atom. The van der Waals surface area contributed by atoms with Gasteiger partial charge in [0.2, 0.25) is 0 Å². The zero-order valence-electron chi connectivity index (χ0n) is 4.87. The number of benzene rings is 1. The molecule has 0 aliphatic heterocycles. The fourth-order valence-corrected chi connectivity index (χ4v) is 0.613. The van der Waals surface area contributed by atoms with Gasteiger partial charge in [0.1, 0.15) is 5.69 Å². The van der Waals surface area contributed by atoms with Crippen molar-refractivity contribution in [2.24, 2.45) is 5.18 Å². The molecule has 1 rings (SSSR count). The van der Waals surface area contributed by atoms with E-state index in [1.807, 2.05) is 6.07 Å². The van der Waals surface area contributed by atoms with Gasteiger partial charge in [-0.3, -0.25) is 0 Å². The summed E-state index contributed by atoms with van der Waals surface area (Å²) in [5.41, 5.74) is 1.25. The summed E-state index contributed by atoms with van der Waals surface area (Å²) >= 11 is 0. The lowest BCUT2D eigenvalue weighted by Gasteiger charge is -1.88. The van der Waals surface area contributed by atoms with Crippen molar-refractivity contribution in [3.63, 3.8) is 0 Å². The molecule has 45 valence electrons. The van der Waals surface area contributed by atoms with Gasteiger partial charge in [0.25, 0.3) is 0 Å². The molecule has 0 saturated carbocycles. The van der Waals surface area contributed by atoms with Crippen LogP contribution in [0.25, 0.3) is 0 Å². The Morgan fingerprint density at radius 1 is 1.44 bits per heavy atom. The van der Waals surface area contributed by atoms with E-state index in [0.29, 0.717) is 5.69 Å². The average molecular weight is 120 g/mol. The van der Waals surface area contributed by atoms with Crippen LogP contribution in [-0.4, -0.2) is 0 Å².